The molecular weight excluding hydrogens is 312 g/mol. The minimum atomic E-state index is 0.392. The van der Waals surface area contributed by atoms with Crippen molar-refractivity contribution < 1.29 is 0 Å². The van der Waals surface area contributed by atoms with Gasteiger partial charge in [-0.2, -0.15) is 5.10 Å². The van der Waals surface area contributed by atoms with Crippen molar-refractivity contribution in [2.24, 2.45) is 0 Å². The zero-order chi connectivity index (χ0) is 15.6. The fourth-order valence-electron chi connectivity index (χ4n) is 3.27. The van der Waals surface area contributed by atoms with Gasteiger partial charge in [-0.3, -0.25) is 10.1 Å². The minimum absolute atomic E-state index is 0.392. The monoisotopic (exact) mass is 328 g/mol. The van der Waals surface area contributed by atoms with Crippen LogP contribution in [0.4, 0.5) is 5.82 Å². The van der Waals surface area contributed by atoms with E-state index in [4.69, 9.17) is 11.6 Å². The number of anilines is 1. The number of aromatic amines is 1. The summed E-state index contributed by atoms with van der Waals surface area (Å²) in [4.78, 5) is 13.1. The molecule has 1 saturated carbocycles. The molecular formula is C16H17ClN6. The maximum Gasteiger partial charge on any atom is 0.137 e. The first-order chi connectivity index (χ1) is 11.3. The zero-order valence-corrected chi connectivity index (χ0v) is 13.3. The Hall–Kier alpha value is -2.21. The van der Waals surface area contributed by atoms with Crippen molar-refractivity contribution in [2.75, 3.05) is 5.32 Å². The molecule has 0 unspecified atom stereocenters. The van der Waals surface area contributed by atoms with Gasteiger partial charge in [0.1, 0.15) is 23.1 Å². The van der Waals surface area contributed by atoms with Crippen molar-refractivity contribution in [2.45, 2.75) is 37.6 Å². The van der Waals surface area contributed by atoms with Crippen LogP contribution in [0.2, 0.25) is 5.15 Å². The molecule has 3 aromatic rings. The number of aromatic nitrogens is 5. The summed E-state index contributed by atoms with van der Waals surface area (Å²) in [6.07, 6.45) is 7.66. The van der Waals surface area contributed by atoms with E-state index < -0.39 is 0 Å². The first-order valence-electron chi connectivity index (χ1n) is 7.82. The first-order valence-corrected chi connectivity index (χ1v) is 8.20. The van der Waals surface area contributed by atoms with E-state index >= 15 is 0 Å². The van der Waals surface area contributed by atoms with Crippen LogP contribution in [0.1, 0.15) is 37.4 Å². The average molecular weight is 329 g/mol. The standard InChI is InChI=1S/C16H17ClN6/c17-14-8-13-12(2-1-7-18-13)16(22-14)21-11-5-3-10(4-6-11)15-19-9-20-23-15/h1-2,7-11H,3-6H2,(H,21,22)(H,19,20,23). The number of nitrogens with one attached hydrogen (secondary N) is 2. The average Bonchev–Trinajstić information content (AvgIpc) is 3.10. The second kappa shape index (κ2) is 6.12. The first kappa shape index (κ1) is 14.4. The van der Waals surface area contributed by atoms with Crippen molar-refractivity contribution in [1.29, 1.82) is 0 Å². The van der Waals surface area contributed by atoms with Crippen molar-refractivity contribution in [3.63, 3.8) is 0 Å². The molecule has 3 heterocycles. The smallest absolute Gasteiger partial charge is 0.137 e. The molecule has 0 spiro atoms. The molecule has 1 fully saturated rings. The topological polar surface area (TPSA) is 79.4 Å². The largest absolute Gasteiger partial charge is 0.367 e. The van der Waals surface area contributed by atoms with Crippen LogP contribution in [0, 0.1) is 0 Å². The van der Waals surface area contributed by atoms with Gasteiger partial charge in [-0.25, -0.2) is 9.97 Å². The fraction of sp³-hybridized carbons (Fsp3) is 0.375. The lowest BCUT2D eigenvalue weighted by molar-refractivity contribution is 0.400. The van der Waals surface area contributed by atoms with Gasteiger partial charge in [0.2, 0.25) is 0 Å². The van der Waals surface area contributed by atoms with Gasteiger partial charge in [-0.05, 0) is 37.8 Å². The normalized spacial score (nSPS) is 21.4. The molecule has 0 amide bonds. The third-order valence-corrected chi connectivity index (χ3v) is 4.65. The molecule has 6 nitrogen and oxygen atoms in total. The molecule has 1 aliphatic rings. The molecule has 0 atom stereocenters. The molecule has 0 bridgehead atoms. The molecule has 0 aliphatic heterocycles. The molecule has 0 saturated heterocycles. The highest BCUT2D eigenvalue weighted by Crippen LogP contribution is 2.33. The van der Waals surface area contributed by atoms with Crippen LogP contribution in [0.15, 0.2) is 30.7 Å². The second-order valence-electron chi connectivity index (χ2n) is 5.93. The van der Waals surface area contributed by atoms with Crippen LogP contribution < -0.4 is 5.32 Å². The molecule has 3 aromatic heterocycles. The number of hydrogen-bond acceptors (Lipinski definition) is 5. The Balaban J connectivity index is 1.49. The van der Waals surface area contributed by atoms with Crippen molar-refractivity contribution in [3.8, 4) is 0 Å². The zero-order valence-electron chi connectivity index (χ0n) is 12.5. The van der Waals surface area contributed by atoms with E-state index in [1.54, 1.807) is 18.6 Å². The summed E-state index contributed by atoms with van der Waals surface area (Å²) in [7, 11) is 0. The summed E-state index contributed by atoms with van der Waals surface area (Å²) in [5.41, 5.74) is 0.866. The SMILES string of the molecule is Clc1cc2ncccc2c(NC2CCC(c3ncn[nH]3)CC2)n1. The molecule has 0 radical (unpaired) electrons. The highest BCUT2D eigenvalue weighted by atomic mass is 35.5. The molecule has 118 valence electrons. The van der Waals surface area contributed by atoms with E-state index in [-0.39, 0.29) is 0 Å². The minimum Gasteiger partial charge on any atom is -0.367 e. The number of halogens is 1. The summed E-state index contributed by atoms with van der Waals surface area (Å²) in [6, 6.07) is 6.13. The van der Waals surface area contributed by atoms with Crippen LogP contribution in [0.25, 0.3) is 10.9 Å². The Morgan fingerprint density at radius 1 is 1.17 bits per heavy atom. The predicted molar refractivity (Wildman–Crippen MR) is 89.6 cm³/mol. The molecule has 23 heavy (non-hydrogen) atoms. The van der Waals surface area contributed by atoms with Crippen LogP contribution in [-0.4, -0.2) is 31.2 Å². The molecule has 4 rings (SSSR count). The highest BCUT2D eigenvalue weighted by molar-refractivity contribution is 6.30. The summed E-state index contributed by atoms with van der Waals surface area (Å²) in [6.45, 7) is 0. The third kappa shape index (κ3) is 2.99. The summed E-state index contributed by atoms with van der Waals surface area (Å²) in [5.74, 6) is 2.30. The lowest BCUT2D eigenvalue weighted by Gasteiger charge is -2.28. The van der Waals surface area contributed by atoms with E-state index in [9.17, 15) is 0 Å². The molecule has 1 aliphatic carbocycles. The van der Waals surface area contributed by atoms with Gasteiger partial charge in [0.05, 0.1) is 5.52 Å². The highest BCUT2D eigenvalue weighted by Gasteiger charge is 2.24. The number of pyridine rings is 2. The Morgan fingerprint density at radius 2 is 2.04 bits per heavy atom. The van der Waals surface area contributed by atoms with Gasteiger partial charge < -0.3 is 5.32 Å². The van der Waals surface area contributed by atoms with Crippen LogP contribution in [-0.2, 0) is 0 Å². The number of hydrogen-bond donors (Lipinski definition) is 2. The Morgan fingerprint density at radius 3 is 2.83 bits per heavy atom. The number of H-pyrrole nitrogens is 1. The summed E-state index contributed by atoms with van der Waals surface area (Å²) in [5, 5.41) is 12.0. The van der Waals surface area contributed by atoms with E-state index in [1.165, 1.54) is 0 Å². The molecule has 7 heteroatoms. The number of rotatable bonds is 3. The van der Waals surface area contributed by atoms with E-state index in [2.05, 4.69) is 30.5 Å². The maximum absolute atomic E-state index is 6.12. The van der Waals surface area contributed by atoms with Crippen molar-refractivity contribution in [1.82, 2.24) is 25.1 Å². The van der Waals surface area contributed by atoms with Gasteiger partial charge in [0, 0.05) is 29.6 Å². The Labute approximate surface area is 138 Å². The van der Waals surface area contributed by atoms with Crippen LogP contribution in [0.5, 0.6) is 0 Å². The Bertz CT molecular complexity index is 795. The number of fused-ring (bicyclic) bond motifs is 1. The van der Waals surface area contributed by atoms with Crippen molar-refractivity contribution >= 4 is 28.3 Å². The van der Waals surface area contributed by atoms with Crippen LogP contribution >= 0.6 is 11.6 Å². The lowest BCUT2D eigenvalue weighted by Crippen LogP contribution is -2.26. The second-order valence-corrected chi connectivity index (χ2v) is 6.31. The molecule has 0 aromatic carbocycles. The predicted octanol–water partition coefficient (Wildman–Crippen LogP) is 3.54. The maximum atomic E-state index is 6.12. The third-order valence-electron chi connectivity index (χ3n) is 4.46. The van der Waals surface area contributed by atoms with Gasteiger partial charge >= 0.3 is 0 Å². The van der Waals surface area contributed by atoms with Crippen molar-refractivity contribution in [3.05, 3.63) is 41.7 Å². The summed E-state index contributed by atoms with van der Waals surface area (Å²) >= 11 is 6.12. The quantitative estimate of drug-likeness (QED) is 0.719. The fourth-order valence-corrected chi connectivity index (χ4v) is 3.46. The van der Waals surface area contributed by atoms with Crippen LogP contribution in [0.3, 0.4) is 0 Å². The van der Waals surface area contributed by atoms with E-state index in [0.717, 1.165) is 48.2 Å². The summed E-state index contributed by atoms with van der Waals surface area (Å²) < 4.78 is 0. The lowest BCUT2D eigenvalue weighted by atomic mass is 9.85. The van der Waals surface area contributed by atoms with E-state index in [1.807, 2.05) is 12.1 Å². The number of nitrogens with zero attached hydrogens (tertiary/aromatic N) is 4. The van der Waals surface area contributed by atoms with E-state index in [0.29, 0.717) is 17.1 Å². The molecule has 2 N–H and O–H groups in total. The van der Waals surface area contributed by atoms with Gasteiger partial charge in [0.25, 0.3) is 0 Å². The Kier molecular flexibility index (Phi) is 3.83. The van der Waals surface area contributed by atoms with Gasteiger partial charge in [-0.15, -0.1) is 0 Å². The van der Waals surface area contributed by atoms with Gasteiger partial charge in [-0.1, -0.05) is 11.6 Å². The van der Waals surface area contributed by atoms with Gasteiger partial charge in [0.15, 0.2) is 0 Å².